The van der Waals surface area contributed by atoms with E-state index in [1.165, 1.54) is 6.08 Å². The summed E-state index contributed by atoms with van der Waals surface area (Å²) in [5, 5.41) is 5.57. The number of ether oxygens (including phenoxy) is 2. The number of methoxy groups -OCH3 is 2. The number of rotatable bonds is 9. The molecule has 0 atom stereocenters. The molecule has 2 aromatic rings. The number of nitrogens with one attached hydrogen (secondary N) is 2. The minimum Gasteiger partial charge on any atom is -0.497 e. The van der Waals surface area contributed by atoms with Crippen LogP contribution in [0.4, 0.5) is 5.69 Å². The van der Waals surface area contributed by atoms with Gasteiger partial charge in [-0.05, 0) is 42.3 Å². The van der Waals surface area contributed by atoms with Crippen LogP contribution in [0.2, 0.25) is 0 Å². The zero-order valence-corrected chi connectivity index (χ0v) is 15.5. The van der Waals surface area contributed by atoms with Crippen LogP contribution in [-0.4, -0.2) is 39.2 Å². The lowest BCUT2D eigenvalue weighted by molar-refractivity contribution is -0.111. The van der Waals surface area contributed by atoms with Crippen LogP contribution in [0.3, 0.4) is 0 Å². The molecule has 2 N–H and O–H groups in total. The van der Waals surface area contributed by atoms with Crippen molar-refractivity contribution in [2.45, 2.75) is 6.42 Å². The third-order valence-corrected chi connectivity index (χ3v) is 3.78. The fraction of sp³-hybridized carbons (Fsp3) is 0.238. The topological polar surface area (TPSA) is 76.7 Å². The van der Waals surface area contributed by atoms with Gasteiger partial charge in [-0.25, -0.2) is 0 Å². The maximum absolute atomic E-state index is 12.3. The molecule has 0 unspecified atom stereocenters. The number of benzene rings is 2. The van der Waals surface area contributed by atoms with Crippen molar-refractivity contribution < 1.29 is 19.1 Å². The first-order valence-corrected chi connectivity index (χ1v) is 8.63. The first-order chi connectivity index (χ1) is 13.1. The quantitative estimate of drug-likeness (QED) is 0.527. The Morgan fingerprint density at radius 3 is 2.48 bits per heavy atom. The van der Waals surface area contributed by atoms with Gasteiger partial charge >= 0.3 is 0 Å². The molecule has 0 saturated carbocycles. The lowest BCUT2D eigenvalue weighted by atomic mass is 10.1. The summed E-state index contributed by atoms with van der Waals surface area (Å²) in [7, 11) is 3.22. The SMILES string of the molecule is COCCCNC(=O)c1ccccc1NC(=O)/C=C/c1ccc(OC)cc1. The van der Waals surface area contributed by atoms with Gasteiger partial charge in [-0.15, -0.1) is 0 Å². The predicted molar refractivity (Wildman–Crippen MR) is 106 cm³/mol. The molecule has 0 aromatic heterocycles. The summed E-state index contributed by atoms with van der Waals surface area (Å²) < 4.78 is 10.1. The van der Waals surface area contributed by atoms with E-state index in [0.29, 0.717) is 24.4 Å². The van der Waals surface area contributed by atoms with Crippen LogP contribution in [0.25, 0.3) is 6.08 Å². The second-order valence-corrected chi connectivity index (χ2v) is 5.74. The van der Waals surface area contributed by atoms with Crippen LogP contribution in [0.15, 0.2) is 54.6 Å². The van der Waals surface area contributed by atoms with E-state index in [9.17, 15) is 9.59 Å². The Hall–Kier alpha value is -3.12. The molecule has 27 heavy (non-hydrogen) atoms. The van der Waals surface area contributed by atoms with Crippen LogP contribution >= 0.6 is 0 Å². The fourth-order valence-electron chi connectivity index (χ4n) is 2.37. The summed E-state index contributed by atoms with van der Waals surface area (Å²) in [4.78, 5) is 24.5. The number of carbonyl (C=O) groups excluding carboxylic acids is 2. The molecule has 2 amide bonds. The monoisotopic (exact) mass is 368 g/mol. The Balaban J connectivity index is 1.98. The van der Waals surface area contributed by atoms with Crippen molar-refractivity contribution >= 4 is 23.6 Å². The number of anilines is 1. The molecule has 6 heteroatoms. The Labute approximate surface area is 159 Å². The number of para-hydroxylation sites is 1. The summed E-state index contributed by atoms with van der Waals surface area (Å²) >= 11 is 0. The zero-order valence-electron chi connectivity index (χ0n) is 15.5. The lowest BCUT2D eigenvalue weighted by Gasteiger charge is -2.10. The minimum atomic E-state index is -0.314. The normalized spacial score (nSPS) is 10.6. The molecule has 0 aliphatic heterocycles. The van der Waals surface area contributed by atoms with Crippen molar-refractivity contribution in [3.63, 3.8) is 0 Å². The second-order valence-electron chi connectivity index (χ2n) is 5.74. The molecule has 2 aromatic carbocycles. The molecule has 2 rings (SSSR count). The second kappa shape index (κ2) is 10.8. The Morgan fingerprint density at radius 1 is 1.04 bits per heavy atom. The van der Waals surface area contributed by atoms with Crippen molar-refractivity contribution in [2.75, 3.05) is 32.7 Å². The van der Waals surface area contributed by atoms with Crippen molar-refractivity contribution in [3.8, 4) is 5.75 Å². The predicted octanol–water partition coefficient (Wildman–Crippen LogP) is 3.11. The minimum absolute atomic E-state index is 0.235. The highest BCUT2D eigenvalue weighted by molar-refractivity contribution is 6.07. The Bertz CT molecular complexity index is 785. The van der Waals surface area contributed by atoms with E-state index in [2.05, 4.69) is 10.6 Å². The first kappa shape index (κ1) is 20.2. The lowest BCUT2D eigenvalue weighted by Crippen LogP contribution is -2.26. The van der Waals surface area contributed by atoms with Crippen molar-refractivity contribution in [1.82, 2.24) is 5.32 Å². The maximum atomic E-state index is 12.3. The van der Waals surface area contributed by atoms with Gasteiger partial charge in [0, 0.05) is 26.3 Å². The molecular weight excluding hydrogens is 344 g/mol. The average molecular weight is 368 g/mol. The van der Waals surface area contributed by atoms with Crippen LogP contribution in [0.1, 0.15) is 22.3 Å². The molecule has 0 aliphatic rings. The highest BCUT2D eigenvalue weighted by atomic mass is 16.5. The van der Waals surface area contributed by atoms with Gasteiger partial charge in [0.05, 0.1) is 18.4 Å². The number of hydrogen-bond donors (Lipinski definition) is 2. The Morgan fingerprint density at radius 2 is 1.78 bits per heavy atom. The summed E-state index contributed by atoms with van der Waals surface area (Å²) in [6.07, 6.45) is 3.85. The summed E-state index contributed by atoms with van der Waals surface area (Å²) in [5.41, 5.74) is 1.75. The van der Waals surface area contributed by atoms with Crippen molar-refractivity contribution in [3.05, 3.63) is 65.7 Å². The third kappa shape index (κ3) is 6.60. The van der Waals surface area contributed by atoms with Gasteiger partial charge in [0.25, 0.3) is 5.91 Å². The molecule has 0 heterocycles. The van der Waals surface area contributed by atoms with Crippen molar-refractivity contribution in [2.24, 2.45) is 0 Å². The van der Waals surface area contributed by atoms with Gasteiger partial charge in [0.2, 0.25) is 5.91 Å². The average Bonchev–Trinajstić information content (AvgIpc) is 2.70. The molecule has 0 radical (unpaired) electrons. The van der Waals surface area contributed by atoms with E-state index >= 15 is 0 Å². The molecule has 0 fully saturated rings. The van der Waals surface area contributed by atoms with Gasteiger partial charge < -0.3 is 20.1 Å². The smallest absolute Gasteiger partial charge is 0.253 e. The number of carbonyl (C=O) groups is 2. The van der Waals surface area contributed by atoms with Crippen LogP contribution in [0.5, 0.6) is 5.75 Å². The molecular formula is C21H24N2O4. The third-order valence-electron chi connectivity index (χ3n) is 3.78. The van der Waals surface area contributed by atoms with E-state index in [1.54, 1.807) is 44.6 Å². The highest BCUT2D eigenvalue weighted by Crippen LogP contribution is 2.16. The van der Waals surface area contributed by atoms with Gasteiger partial charge in [-0.3, -0.25) is 9.59 Å². The highest BCUT2D eigenvalue weighted by Gasteiger charge is 2.11. The van der Waals surface area contributed by atoms with Crippen LogP contribution in [0, 0.1) is 0 Å². The molecule has 0 aliphatic carbocycles. The first-order valence-electron chi connectivity index (χ1n) is 8.63. The zero-order chi connectivity index (χ0) is 19.5. The maximum Gasteiger partial charge on any atom is 0.253 e. The number of hydrogen-bond acceptors (Lipinski definition) is 4. The summed E-state index contributed by atoms with van der Waals surface area (Å²) in [6.45, 7) is 1.08. The van der Waals surface area contributed by atoms with Crippen molar-refractivity contribution in [1.29, 1.82) is 0 Å². The van der Waals surface area contributed by atoms with E-state index in [1.807, 2.05) is 24.3 Å². The van der Waals surface area contributed by atoms with E-state index < -0.39 is 0 Å². The molecule has 0 spiro atoms. The van der Waals surface area contributed by atoms with Crippen LogP contribution < -0.4 is 15.4 Å². The van der Waals surface area contributed by atoms with Gasteiger partial charge in [0.15, 0.2) is 0 Å². The molecule has 6 nitrogen and oxygen atoms in total. The molecule has 0 bridgehead atoms. The summed E-state index contributed by atoms with van der Waals surface area (Å²) in [6, 6.07) is 14.2. The summed E-state index contributed by atoms with van der Waals surface area (Å²) in [5.74, 6) is 0.202. The van der Waals surface area contributed by atoms with E-state index in [-0.39, 0.29) is 11.8 Å². The van der Waals surface area contributed by atoms with Gasteiger partial charge in [-0.2, -0.15) is 0 Å². The Kier molecular flexibility index (Phi) is 8.06. The largest absolute Gasteiger partial charge is 0.497 e. The number of amides is 2. The van der Waals surface area contributed by atoms with E-state index in [0.717, 1.165) is 17.7 Å². The van der Waals surface area contributed by atoms with Gasteiger partial charge in [0.1, 0.15) is 5.75 Å². The van der Waals surface area contributed by atoms with Crippen LogP contribution in [-0.2, 0) is 9.53 Å². The van der Waals surface area contributed by atoms with E-state index in [4.69, 9.17) is 9.47 Å². The molecule has 142 valence electrons. The van der Waals surface area contributed by atoms with Gasteiger partial charge in [-0.1, -0.05) is 24.3 Å². The molecule has 0 saturated heterocycles. The fourth-order valence-corrected chi connectivity index (χ4v) is 2.37. The standard InChI is InChI=1S/C21H24N2O4/c1-26-15-5-14-22-21(25)18-6-3-4-7-19(18)23-20(24)13-10-16-8-11-17(27-2)12-9-16/h3-4,6-13H,5,14-15H2,1-2H3,(H,22,25)(H,23,24)/b13-10+.